The number of carbonyl (C=O) groups excluding carboxylic acids is 2. The second-order valence-electron chi connectivity index (χ2n) is 4.62. The van der Waals surface area contributed by atoms with Crippen LogP contribution in [0.5, 0.6) is 0 Å². The van der Waals surface area contributed by atoms with Gasteiger partial charge in [0.05, 0.1) is 12.3 Å². The van der Waals surface area contributed by atoms with E-state index in [1.54, 1.807) is 37.3 Å². The summed E-state index contributed by atoms with van der Waals surface area (Å²) in [5.41, 5.74) is 0.626. The van der Waals surface area contributed by atoms with Crippen LogP contribution in [-0.4, -0.2) is 37.1 Å². The highest BCUT2D eigenvalue weighted by molar-refractivity contribution is 7.88. The molecule has 0 spiro atoms. The molecule has 1 N–H and O–H groups in total. The third-order valence-electron chi connectivity index (χ3n) is 3.15. The van der Waals surface area contributed by atoms with Crippen molar-refractivity contribution in [1.29, 1.82) is 0 Å². The first-order valence-electron chi connectivity index (χ1n) is 6.31. The number of benzene rings is 1. The Balaban J connectivity index is 2.27. The molecule has 1 saturated heterocycles. The van der Waals surface area contributed by atoms with Crippen LogP contribution in [0.1, 0.15) is 18.9 Å². The number of amides is 2. The van der Waals surface area contributed by atoms with Crippen molar-refractivity contribution in [1.82, 2.24) is 9.62 Å². The molecule has 6 nitrogen and oxygen atoms in total. The average molecular weight is 296 g/mol. The third-order valence-corrected chi connectivity index (χ3v) is 4.94. The first kappa shape index (κ1) is 14.7. The lowest BCUT2D eigenvalue weighted by molar-refractivity contribution is -0.137. The molecule has 1 aromatic rings. The number of nitrogens with one attached hydrogen (secondary N) is 1. The van der Waals surface area contributed by atoms with Crippen molar-refractivity contribution in [3.63, 3.8) is 0 Å². The zero-order valence-electron chi connectivity index (χ0n) is 11.1. The molecular weight excluding hydrogens is 280 g/mol. The zero-order valence-corrected chi connectivity index (χ0v) is 11.9. The van der Waals surface area contributed by atoms with Gasteiger partial charge in [-0.05, 0) is 12.0 Å². The number of hydrogen-bond donors (Lipinski definition) is 1. The SMILES string of the molecule is CCC1C(=O)NC(=O)CN1S(=O)(=O)Cc1ccccc1. The van der Waals surface area contributed by atoms with Gasteiger partial charge in [0, 0.05) is 0 Å². The Kier molecular flexibility index (Phi) is 4.20. The fraction of sp³-hybridized carbons (Fsp3) is 0.385. The lowest BCUT2D eigenvalue weighted by Crippen LogP contribution is -2.59. The quantitative estimate of drug-likeness (QED) is 0.808. The number of hydrogen-bond acceptors (Lipinski definition) is 4. The largest absolute Gasteiger partial charge is 0.294 e. The van der Waals surface area contributed by atoms with Gasteiger partial charge in [-0.25, -0.2) is 8.42 Å². The maximum absolute atomic E-state index is 12.4. The van der Waals surface area contributed by atoms with Gasteiger partial charge in [0.2, 0.25) is 21.8 Å². The normalized spacial score (nSPS) is 20.8. The van der Waals surface area contributed by atoms with E-state index in [0.717, 1.165) is 4.31 Å². The summed E-state index contributed by atoms with van der Waals surface area (Å²) in [6, 6.07) is 7.87. The van der Waals surface area contributed by atoms with Crippen LogP contribution < -0.4 is 5.32 Å². The van der Waals surface area contributed by atoms with E-state index in [4.69, 9.17) is 0 Å². The number of piperazine rings is 1. The summed E-state index contributed by atoms with van der Waals surface area (Å²) < 4.78 is 25.8. The Morgan fingerprint density at radius 3 is 2.50 bits per heavy atom. The van der Waals surface area contributed by atoms with Gasteiger partial charge in [0.1, 0.15) is 6.04 Å². The van der Waals surface area contributed by atoms with Crippen LogP contribution >= 0.6 is 0 Å². The standard InChI is InChI=1S/C13H16N2O4S/c1-2-11-13(17)14-12(16)8-15(11)20(18,19)9-10-6-4-3-5-7-10/h3-7,11H,2,8-9H2,1H3,(H,14,16,17). The van der Waals surface area contributed by atoms with Crippen LogP contribution in [0.2, 0.25) is 0 Å². The molecule has 1 aliphatic heterocycles. The molecule has 0 aliphatic carbocycles. The summed E-state index contributed by atoms with van der Waals surface area (Å²) in [7, 11) is -3.71. The highest BCUT2D eigenvalue weighted by Crippen LogP contribution is 2.18. The van der Waals surface area contributed by atoms with Gasteiger partial charge in [0.25, 0.3) is 0 Å². The molecule has 0 radical (unpaired) electrons. The van der Waals surface area contributed by atoms with Crippen molar-refractivity contribution in [2.45, 2.75) is 25.1 Å². The average Bonchev–Trinajstić information content (AvgIpc) is 2.38. The van der Waals surface area contributed by atoms with E-state index >= 15 is 0 Å². The fourth-order valence-electron chi connectivity index (χ4n) is 2.19. The molecule has 20 heavy (non-hydrogen) atoms. The van der Waals surface area contributed by atoms with Crippen LogP contribution in [0.3, 0.4) is 0 Å². The zero-order chi connectivity index (χ0) is 14.8. The number of carbonyl (C=O) groups is 2. The van der Waals surface area contributed by atoms with Crippen molar-refractivity contribution in [3.05, 3.63) is 35.9 Å². The lowest BCUT2D eigenvalue weighted by Gasteiger charge is -2.32. The van der Waals surface area contributed by atoms with E-state index in [-0.39, 0.29) is 12.3 Å². The summed E-state index contributed by atoms with van der Waals surface area (Å²) in [6.07, 6.45) is 0.327. The minimum atomic E-state index is -3.71. The predicted molar refractivity (Wildman–Crippen MR) is 73.0 cm³/mol. The second-order valence-corrected chi connectivity index (χ2v) is 6.55. The highest BCUT2D eigenvalue weighted by Gasteiger charge is 2.39. The molecule has 1 aliphatic rings. The number of imide groups is 1. The lowest BCUT2D eigenvalue weighted by atomic mass is 10.2. The van der Waals surface area contributed by atoms with E-state index in [9.17, 15) is 18.0 Å². The molecule has 1 heterocycles. The van der Waals surface area contributed by atoms with Crippen molar-refractivity contribution in [3.8, 4) is 0 Å². The van der Waals surface area contributed by atoms with Crippen LogP contribution in [0, 0.1) is 0 Å². The van der Waals surface area contributed by atoms with Gasteiger partial charge in [0.15, 0.2) is 0 Å². The maximum Gasteiger partial charge on any atom is 0.245 e. The third kappa shape index (κ3) is 3.05. The molecule has 2 rings (SSSR count). The first-order valence-corrected chi connectivity index (χ1v) is 7.92. The number of rotatable bonds is 4. The van der Waals surface area contributed by atoms with E-state index in [1.807, 2.05) is 0 Å². The Bertz CT molecular complexity index is 613. The summed E-state index contributed by atoms with van der Waals surface area (Å²) in [5.74, 6) is -1.36. The molecule has 1 aromatic carbocycles. The van der Waals surface area contributed by atoms with E-state index in [0.29, 0.717) is 12.0 Å². The summed E-state index contributed by atoms with van der Waals surface area (Å²) in [4.78, 5) is 23.1. The van der Waals surface area contributed by atoms with Gasteiger partial charge in [-0.2, -0.15) is 4.31 Å². The number of nitrogens with zero attached hydrogens (tertiary/aromatic N) is 1. The summed E-state index contributed by atoms with van der Waals surface area (Å²) in [5, 5.41) is 2.16. The van der Waals surface area contributed by atoms with E-state index in [1.165, 1.54) is 0 Å². The Hall–Kier alpha value is -1.73. The molecule has 2 amide bonds. The van der Waals surface area contributed by atoms with Gasteiger partial charge in [-0.15, -0.1) is 0 Å². The van der Waals surface area contributed by atoms with Gasteiger partial charge in [-0.1, -0.05) is 37.3 Å². The van der Waals surface area contributed by atoms with Crippen molar-refractivity contribution < 1.29 is 18.0 Å². The topological polar surface area (TPSA) is 83.6 Å². The molecule has 0 bridgehead atoms. The predicted octanol–water partition coefficient (Wildman–Crippen LogP) is 0.253. The van der Waals surface area contributed by atoms with Crippen LogP contribution in [0.4, 0.5) is 0 Å². The minimum absolute atomic E-state index is 0.217. The smallest absolute Gasteiger partial charge is 0.245 e. The second kappa shape index (κ2) is 5.72. The van der Waals surface area contributed by atoms with Crippen LogP contribution in [0.25, 0.3) is 0 Å². The molecule has 1 atom stereocenters. The van der Waals surface area contributed by atoms with Crippen molar-refractivity contribution >= 4 is 21.8 Å². The number of sulfonamides is 1. The van der Waals surface area contributed by atoms with E-state index < -0.39 is 27.9 Å². The highest BCUT2D eigenvalue weighted by atomic mass is 32.2. The molecule has 0 aromatic heterocycles. The fourth-order valence-corrected chi connectivity index (χ4v) is 3.92. The van der Waals surface area contributed by atoms with Crippen molar-refractivity contribution in [2.24, 2.45) is 0 Å². The summed E-state index contributed by atoms with van der Waals surface area (Å²) in [6.45, 7) is 1.41. The van der Waals surface area contributed by atoms with Crippen LogP contribution in [-0.2, 0) is 25.4 Å². The Morgan fingerprint density at radius 1 is 1.25 bits per heavy atom. The van der Waals surface area contributed by atoms with Gasteiger partial charge >= 0.3 is 0 Å². The molecule has 0 saturated carbocycles. The maximum atomic E-state index is 12.4. The Labute approximate surface area is 117 Å². The minimum Gasteiger partial charge on any atom is -0.294 e. The van der Waals surface area contributed by atoms with Crippen LogP contribution in [0.15, 0.2) is 30.3 Å². The molecular formula is C13H16N2O4S. The van der Waals surface area contributed by atoms with Gasteiger partial charge < -0.3 is 0 Å². The van der Waals surface area contributed by atoms with Gasteiger partial charge in [-0.3, -0.25) is 14.9 Å². The monoisotopic (exact) mass is 296 g/mol. The Morgan fingerprint density at radius 2 is 1.90 bits per heavy atom. The molecule has 108 valence electrons. The first-order chi connectivity index (χ1) is 9.44. The molecule has 1 fully saturated rings. The molecule has 7 heteroatoms. The summed E-state index contributed by atoms with van der Waals surface area (Å²) >= 11 is 0. The van der Waals surface area contributed by atoms with Crippen molar-refractivity contribution in [2.75, 3.05) is 6.54 Å². The van der Waals surface area contributed by atoms with E-state index in [2.05, 4.69) is 5.32 Å². The molecule has 1 unspecified atom stereocenters.